The normalized spacial score (nSPS) is 13.4. The van der Waals surface area contributed by atoms with E-state index in [0.29, 0.717) is 0 Å². The van der Waals surface area contributed by atoms with E-state index < -0.39 is 0 Å². The molecule has 2 nitrogen and oxygen atoms in total. The minimum Gasteiger partial charge on any atom is -0.455 e. The molecule has 0 bridgehead atoms. The molecule has 21 aromatic rings. The minimum atomic E-state index is -0.140. The second kappa shape index (κ2) is 22.7. The SMILES string of the molecule is CC1(C)c2ccc(-c3c4ccccc4c(-c4cccc(-c5cccc6c5oc5ccccc56)c4)c4ccccc34)cc2-c2c1c1ccccc1c1ccccc21.CC1(C)c2ccc(-c3c4ccccc4c(-c4cccc5c4oc4ccccc45)c4ccccc34)cc2-c2c1c1ccccc1c1ccccc21. The molecule has 2 aliphatic rings. The molecule has 2 aromatic heterocycles. The van der Waals surface area contributed by atoms with Crippen LogP contribution in [0.1, 0.15) is 49.9 Å². The van der Waals surface area contributed by atoms with Gasteiger partial charge >= 0.3 is 0 Å². The molecular weight excluding hydrogens is 1280 g/mol. The fourth-order valence-electron chi connectivity index (χ4n) is 19.6. The maximum Gasteiger partial charge on any atom is 0.143 e. The van der Waals surface area contributed by atoms with E-state index in [4.69, 9.17) is 8.83 Å². The Balaban J connectivity index is 0.000000133. The third kappa shape index (κ3) is 8.55. The summed E-state index contributed by atoms with van der Waals surface area (Å²) in [6.07, 6.45) is 0. The molecule has 0 aliphatic heterocycles. The number of para-hydroxylation sites is 4. The van der Waals surface area contributed by atoms with E-state index >= 15 is 0 Å². The molecule has 2 heterocycles. The topological polar surface area (TPSA) is 26.3 Å². The van der Waals surface area contributed by atoms with Crippen LogP contribution in [0.25, 0.3) is 208 Å². The summed E-state index contributed by atoms with van der Waals surface area (Å²) in [5.41, 5.74) is 26.6. The van der Waals surface area contributed by atoms with Crippen LogP contribution >= 0.6 is 0 Å². The van der Waals surface area contributed by atoms with E-state index in [1.807, 2.05) is 12.1 Å². The van der Waals surface area contributed by atoms with Crippen LogP contribution in [0.2, 0.25) is 0 Å². The number of furan rings is 2. The van der Waals surface area contributed by atoms with Gasteiger partial charge in [0.1, 0.15) is 22.3 Å². The quantitative estimate of drug-likeness (QED) is 0.127. The zero-order valence-electron chi connectivity index (χ0n) is 59.1. The van der Waals surface area contributed by atoms with Gasteiger partial charge in [0.15, 0.2) is 0 Å². The molecule has 0 spiro atoms. The third-order valence-corrected chi connectivity index (χ3v) is 24.0. The van der Waals surface area contributed by atoms with Crippen molar-refractivity contribution in [3.05, 3.63) is 362 Å². The first-order valence-corrected chi connectivity index (χ1v) is 37.1. The van der Waals surface area contributed by atoms with Gasteiger partial charge in [0.25, 0.3) is 0 Å². The van der Waals surface area contributed by atoms with Crippen molar-refractivity contribution < 1.29 is 8.83 Å². The lowest BCUT2D eigenvalue weighted by Gasteiger charge is -2.24. The maximum atomic E-state index is 6.62. The van der Waals surface area contributed by atoms with Gasteiger partial charge < -0.3 is 8.83 Å². The molecule has 0 unspecified atom stereocenters. The van der Waals surface area contributed by atoms with Gasteiger partial charge in [-0.2, -0.15) is 0 Å². The van der Waals surface area contributed by atoms with Gasteiger partial charge in [-0.1, -0.05) is 337 Å². The molecule has 2 aliphatic carbocycles. The lowest BCUT2D eigenvalue weighted by molar-refractivity contribution is 0.666. The molecule has 0 N–H and O–H groups in total. The van der Waals surface area contributed by atoms with Gasteiger partial charge in [-0.15, -0.1) is 0 Å². The molecule has 19 aromatic carbocycles. The van der Waals surface area contributed by atoms with Crippen LogP contribution in [0.3, 0.4) is 0 Å². The van der Waals surface area contributed by atoms with Crippen LogP contribution in [0.15, 0.2) is 349 Å². The lowest BCUT2D eigenvalue weighted by Crippen LogP contribution is -2.15. The van der Waals surface area contributed by atoms with Crippen molar-refractivity contribution in [2.75, 3.05) is 0 Å². The van der Waals surface area contributed by atoms with Crippen LogP contribution in [0.5, 0.6) is 0 Å². The second-order valence-corrected chi connectivity index (χ2v) is 30.3. The summed E-state index contributed by atoms with van der Waals surface area (Å²) >= 11 is 0. The monoisotopic (exact) mass is 1350 g/mol. The average molecular weight is 1350 g/mol. The molecule has 0 fully saturated rings. The summed E-state index contributed by atoms with van der Waals surface area (Å²) < 4.78 is 13.1. The van der Waals surface area contributed by atoms with Crippen molar-refractivity contribution in [1.82, 2.24) is 0 Å². The van der Waals surface area contributed by atoms with Gasteiger partial charge in [-0.25, -0.2) is 0 Å². The molecule has 0 radical (unpaired) electrons. The van der Waals surface area contributed by atoms with E-state index in [0.717, 1.165) is 60.6 Å². The molecule has 0 atom stereocenters. The van der Waals surface area contributed by atoms with Crippen LogP contribution in [0.4, 0.5) is 0 Å². The Kier molecular flexibility index (Phi) is 12.9. The van der Waals surface area contributed by atoms with Crippen molar-refractivity contribution in [2.45, 2.75) is 38.5 Å². The molecule has 106 heavy (non-hydrogen) atoms. The second-order valence-electron chi connectivity index (χ2n) is 30.3. The number of rotatable bonds is 5. The van der Waals surface area contributed by atoms with Gasteiger partial charge in [-0.05, 0) is 200 Å². The van der Waals surface area contributed by atoms with E-state index in [9.17, 15) is 0 Å². The van der Waals surface area contributed by atoms with Crippen LogP contribution in [-0.2, 0) is 10.8 Å². The fourth-order valence-corrected chi connectivity index (χ4v) is 19.6. The first-order chi connectivity index (χ1) is 52.2. The van der Waals surface area contributed by atoms with E-state index in [1.165, 1.54) is 170 Å². The van der Waals surface area contributed by atoms with Crippen molar-refractivity contribution >= 4 is 130 Å². The predicted octanol–water partition coefficient (Wildman–Crippen LogP) is 29.3. The maximum absolute atomic E-state index is 6.62. The van der Waals surface area contributed by atoms with Gasteiger partial charge in [0.2, 0.25) is 0 Å². The molecule has 0 saturated carbocycles. The zero-order chi connectivity index (χ0) is 70.3. The Labute approximate surface area is 613 Å². The number of fused-ring (bicyclic) bond motifs is 26. The Morgan fingerprint density at radius 1 is 0.179 bits per heavy atom. The molecule has 2 heteroatoms. The predicted molar refractivity (Wildman–Crippen MR) is 450 cm³/mol. The summed E-state index contributed by atoms with van der Waals surface area (Å²) in [4.78, 5) is 0. The van der Waals surface area contributed by atoms with Gasteiger partial charge in [-0.3, -0.25) is 0 Å². The van der Waals surface area contributed by atoms with Crippen molar-refractivity contribution in [3.8, 4) is 77.9 Å². The standard InChI is InChI=1S/C55H36O.C49H32O/c1-55(2)48-30-29-35(32-47(48)52-40-20-5-3-17-37(40)38-18-4-10-25-45(38)53(52)55)51-43-23-8-6-21-41(43)50(42-22-7-9-24-44(42)51)34-16-13-15-33(31-34)36-26-14-27-46-39-19-11-12-28-49(39)56-54(36)46;1-49(2)42-27-26-29(28-41(42)46-33-17-5-3-14-30(33)31-15-4-10-22-38(31)47(46)49)44-34-18-6-8-20-36(34)45(37-21-9-7-19-35(37)44)40-24-13-23-39-32-16-11-12-25-43(32)50-48(39)40/h3-32H,1-2H3;3-28H,1-2H3. The Morgan fingerprint density at radius 2 is 0.453 bits per heavy atom. The highest BCUT2D eigenvalue weighted by Crippen LogP contribution is 2.59. The van der Waals surface area contributed by atoms with Gasteiger partial charge in [0, 0.05) is 49.1 Å². The number of benzene rings is 19. The van der Waals surface area contributed by atoms with Crippen molar-refractivity contribution in [1.29, 1.82) is 0 Å². The summed E-state index contributed by atoms with van der Waals surface area (Å²) in [7, 11) is 0. The van der Waals surface area contributed by atoms with E-state index in [1.54, 1.807) is 0 Å². The third-order valence-electron chi connectivity index (χ3n) is 24.0. The Hall–Kier alpha value is -13.1. The largest absolute Gasteiger partial charge is 0.455 e. The molecular formula is C104H68O2. The van der Waals surface area contributed by atoms with Crippen molar-refractivity contribution in [3.63, 3.8) is 0 Å². The Bertz CT molecular complexity index is 7280. The first kappa shape index (κ1) is 60.4. The summed E-state index contributed by atoms with van der Waals surface area (Å²) in [6, 6.07) is 125. The summed E-state index contributed by atoms with van der Waals surface area (Å²) in [5, 5.41) is 25.2. The lowest BCUT2D eigenvalue weighted by atomic mass is 9.79. The summed E-state index contributed by atoms with van der Waals surface area (Å²) in [5.74, 6) is 0. The molecule has 496 valence electrons. The van der Waals surface area contributed by atoms with E-state index in [-0.39, 0.29) is 10.8 Å². The van der Waals surface area contributed by atoms with Crippen LogP contribution in [0, 0.1) is 0 Å². The average Bonchev–Trinajstić information content (AvgIpc) is 1.54. The molecule has 0 saturated heterocycles. The highest BCUT2D eigenvalue weighted by Gasteiger charge is 2.41. The van der Waals surface area contributed by atoms with Gasteiger partial charge in [0.05, 0.1) is 0 Å². The first-order valence-electron chi connectivity index (χ1n) is 37.1. The van der Waals surface area contributed by atoms with E-state index in [2.05, 4.69) is 355 Å². The molecule has 0 amide bonds. The minimum absolute atomic E-state index is 0.133. The highest BCUT2D eigenvalue weighted by atomic mass is 16.3. The van der Waals surface area contributed by atoms with Crippen LogP contribution in [-0.4, -0.2) is 0 Å². The van der Waals surface area contributed by atoms with Crippen LogP contribution < -0.4 is 0 Å². The smallest absolute Gasteiger partial charge is 0.143 e. The fraction of sp³-hybridized carbons (Fsp3) is 0.0577. The number of hydrogen-bond donors (Lipinski definition) is 0. The Morgan fingerprint density at radius 3 is 0.849 bits per heavy atom. The highest BCUT2D eigenvalue weighted by molar-refractivity contribution is 6.27. The number of hydrogen-bond acceptors (Lipinski definition) is 2. The van der Waals surface area contributed by atoms with Crippen molar-refractivity contribution in [2.24, 2.45) is 0 Å². The zero-order valence-corrected chi connectivity index (χ0v) is 59.1. The molecule has 23 rings (SSSR count). The summed E-state index contributed by atoms with van der Waals surface area (Å²) in [6.45, 7) is 9.61.